The third kappa shape index (κ3) is 5.51. The SMILES string of the molecule is CCCOc1ccc(C(COC(C)(C)CC)NC)cc1. The molecule has 1 aromatic carbocycles. The summed E-state index contributed by atoms with van der Waals surface area (Å²) in [6.45, 7) is 9.95. The standard InChI is InChI=1S/C17H29NO2/c1-6-12-19-15-10-8-14(9-11-15)16(18-5)13-20-17(3,4)7-2/h8-11,16,18H,6-7,12-13H2,1-5H3. The van der Waals surface area contributed by atoms with Crippen LogP contribution >= 0.6 is 0 Å². The van der Waals surface area contributed by atoms with Crippen LogP contribution in [0.15, 0.2) is 24.3 Å². The van der Waals surface area contributed by atoms with Gasteiger partial charge in [-0.2, -0.15) is 0 Å². The van der Waals surface area contributed by atoms with Crippen molar-refractivity contribution >= 4 is 0 Å². The molecule has 0 radical (unpaired) electrons. The molecule has 0 aromatic heterocycles. The zero-order valence-electron chi connectivity index (χ0n) is 13.5. The van der Waals surface area contributed by atoms with Gasteiger partial charge in [0.2, 0.25) is 0 Å². The highest BCUT2D eigenvalue weighted by atomic mass is 16.5. The maximum Gasteiger partial charge on any atom is 0.119 e. The van der Waals surface area contributed by atoms with Gasteiger partial charge in [-0.3, -0.25) is 0 Å². The highest BCUT2D eigenvalue weighted by Crippen LogP contribution is 2.21. The molecular weight excluding hydrogens is 250 g/mol. The van der Waals surface area contributed by atoms with E-state index in [-0.39, 0.29) is 11.6 Å². The maximum absolute atomic E-state index is 5.99. The summed E-state index contributed by atoms with van der Waals surface area (Å²) in [4.78, 5) is 0. The van der Waals surface area contributed by atoms with Gasteiger partial charge in [0.25, 0.3) is 0 Å². The average Bonchev–Trinajstić information content (AvgIpc) is 2.47. The second kappa shape index (κ2) is 8.28. The van der Waals surface area contributed by atoms with Crippen molar-refractivity contribution in [1.29, 1.82) is 0 Å². The van der Waals surface area contributed by atoms with Crippen LogP contribution in [-0.4, -0.2) is 25.9 Å². The van der Waals surface area contributed by atoms with Crippen molar-refractivity contribution < 1.29 is 9.47 Å². The number of ether oxygens (including phenoxy) is 2. The largest absolute Gasteiger partial charge is 0.494 e. The molecule has 1 aromatic rings. The van der Waals surface area contributed by atoms with E-state index in [9.17, 15) is 0 Å². The molecule has 3 heteroatoms. The Morgan fingerprint density at radius 2 is 1.80 bits per heavy atom. The van der Waals surface area contributed by atoms with Gasteiger partial charge >= 0.3 is 0 Å². The molecule has 3 nitrogen and oxygen atoms in total. The predicted molar refractivity (Wildman–Crippen MR) is 84.4 cm³/mol. The molecule has 1 unspecified atom stereocenters. The summed E-state index contributed by atoms with van der Waals surface area (Å²) in [7, 11) is 1.97. The van der Waals surface area contributed by atoms with Gasteiger partial charge in [-0.25, -0.2) is 0 Å². The molecule has 0 aliphatic carbocycles. The molecule has 0 aliphatic heterocycles. The van der Waals surface area contributed by atoms with Crippen LogP contribution in [0, 0.1) is 0 Å². The summed E-state index contributed by atoms with van der Waals surface area (Å²) in [5, 5.41) is 3.31. The molecule has 0 heterocycles. The summed E-state index contributed by atoms with van der Waals surface area (Å²) in [5.74, 6) is 0.931. The lowest BCUT2D eigenvalue weighted by Crippen LogP contribution is -2.30. The van der Waals surface area contributed by atoms with Crippen LogP contribution in [0.3, 0.4) is 0 Å². The quantitative estimate of drug-likeness (QED) is 0.742. The predicted octanol–water partition coefficient (Wildman–Crippen LogP) is 3.94. The smallest absolute Gasteiger partial charge is 0.119 e. The number of benzene rings is 1. The van der Waals surface area contributed by atoms with E-state index in [1.165, 1.54) is 5.56 Å². The van der Waals surface area contributed by atoms with Crippen molar-refractivity contribution in [3.05, 3.63) is 29.8 Å². The van der Waals surface area contributed by atoms with Gasteiger partial charge < -0.3 is 14.8 Å². The molecule has 0 saturated heterocycles. The number of hydrogen-bond donors (Lipinski definition) is 1. The monoisotopic (exact) mass is 279 g/mol. The second-order valence-corrected chi connectivity index (χ2v) is 5.68. The van der Waals surface area contributed by atoms with E-state index in [1.54, 1.807) is 0 Å². The van der Waals surface area contributed by atoms with E-state index in [1.807, 2.05) is 19.2 Å². The fourth-order valence-corrected chi connectivity index (χ4v) is 1.77. The summed E-state index contributed by atoms with van der Waals surface area (Å²) >= 11 is 0. The Kier molecular flexibility index (Phi) is 7.03. The topological polar surface area (TPSA) is 30.5 Å². The Labute approximate surface area is 123 Å². The molecule has 1 N–H and O–H groups in total. The van der Waals surface area contributed by atoms with E-state index >= 15 is 0 Å². The molecule has 114 valence electrons. The van der Waals surface area contributed by atoms with Crippen LogP contribution in [0.25, 0.3) is 0 Å². The molecule has 0 saturated carbocycles. The number of nitrogens with one attached hydrogen (secondary N) is 1. The minimum atomic E-state index is -0.0702. The van der Waals surface area contributed by atoms with Crippen LogP contribution in [0.2, 0.25) is 0 Å². The Morgan fingerprint density at radius 1 is 1.15 bits per heavy atom. The molecule has 0 fully saturated rings. The van der Waals surface area contributed by atoms with Crippen molar-refractivity contribution in [1.82, 2.24) is 5.32 Å². The van der Waals surface area contributed by atoms with Crippen molar-refractivity contribution in [2.45, 2.75) is 52.2 Å². The van der Waals surface area contributed by atoms with Crippen LogP contribution in [0.5, 0.6) is 5.75 Å². The van der Waals surface area contributed by atoms with E-state index in [2.05, 4.69) is 45.1 Å². The van der Waals surface area contributed by atoms with Crippen molar-refractivity contribution in [2.24, 2.45) is 0 Å². The maximum atomic E-state index is 5.99. The number of rotatable bonds is 9. The third-order valence-electron chi connectivity index (χ3n) is 3.60. The number of hydrogen-bond acceptors (Lipinski definition) is 3. The second-order valence-electron chi connectivity index (χ2n) is 5.68. The molecule has 0 aliphatic rings. The van der Waals surface area contributed by atoms with Crippen LogP contribution in [-0.2, 0) is 4.74 Å². The summed E-state index contributed by atoms with van der Waals surface area (Å²) in [5.41, 5.74) is 1.16. The molecule has 0 spiro atoms. The van der Waals surface area contributed by atoms with Gasteiger partial charge in [0.15, 0.2) is 0 Å². The van der Waals surface area contributed by atoms with Crippen molar-refractivity contribution in [3.8, 4) is 5.75 Å². The van der Waals surface area contributed by atoms with E-state index in [0.29, 0.717) is 6.61 Å². The third-order valence-corrected chi connectivity index (χ3v) is 3.60. The van der Waals surface area contributed by atoms with Crippen molar-refractivity contribution in [2.75, 3.05) is 20.3 Å². The molecular formula is C17H29NO2. The van der Waals surface area contributed by atoms with Gasteiger partial charge in [0.1, 0.15) is 5.75 Å². The van der Waals surface area contributed by atoms with Crippen LogP contribution in [0.1, 0.15) is 52.1 Å². The first-order valence-electron chi connectivity index (χ1n) is 7.56. The summed E-state index contributed by atoms with van der Waals surface area (Å²) in [6.07, 6.45) is 2.04. The molecule has 20 heavy (non-hydrogen) atoms. The highest BCUT2D eigenvalue weighted by molar-refractivity contribution is 5.29. The zero-order valence-corrected chi connectivity index (χ0v) is 13.5. The Hall–Kier alpha value is -1.06. The van der Waals surface area contributed by atoms with Crippen LogP contribution in [0.4, 0.5) is 0 Å². The first-order chi connectivity index (χ1) is 9.52. The van der Waals surface area contributed by atoms with Gasteiger partial charge in [0.05, 0.1) is 24.9 Å². The molecule has 1 rings (SSSR count). The normalized spacial score (nSPS) is 13.2. The van der Waals surface area contributed by atoms with E-state index in [0.717, 1.165) is 25.2 Å². The van der Waals surface area contributed by atoms with Gasteiger partial charge in [-0.15, -0.1) is 0 Å². The number of likely N-dealkylation sites (N-methyl/N-ethyl adjacent to an activating group) is 1. The van der Waals surface area contributed by atoms with Crippen molar-refractivity contribution in [3.63, 3.8) is 0 Å². The summed E-state index contributed by atoms with van der Waals surface area (Å²) < 4.78 is 11.6. The average molecular weight is 279 g/mol. The van der Waals surface area contributed by atoms with Crippen LogP contribution < -0.4 is 10.1 Å². The lowest BCUT2D eigenvalue weighted by atomic mass is 10.1. The first kappa shape index (κ1) is 17.0. The molecule has 0 amide bonds. The fourth-order valence-electron chi connectivity index (χ4n) is 1.77. The Balaban J connectivity index is 2.61. The van der Waals surface area contributed by atoms with Gasteiger partial charge in [-0.05, 0) is 51.4 Å². The minimum Gasteiger partial charge on any atom is -0.494 e. The van der Waals surface area contributed by atoms with E-state index in [4.69, 9.17) is 9.47 Å². The lowest BCUT2D eigenvalue weighted by Gasteiger charge is -2.27. The first-order valence-corrected chi connectivity index (χ1v) is 7.56. The summed E-state index contributed by atoms with van der Waals surface area (Å²) in [6, 6.07) is 8.48. The van der Waals surface area contributed by atoms with Gasteiger partial charge in [-0.1, -0.05) is 26.0 Å². The van der Waals surface area contributed by atoms with Gasteiger partial charge in [0, 0.05) is 0 Å². The molecule has 1 atom stereocenters. The lowest BCUT2D eigenvalue weighted by molar-refractivity contribution is -0.0300. The Morgan fingerprint density at radius 3 is 2.30 bits per heavy atom. The zero-order chi connectivity index (χ0) is 15.0. The minimum absolute atomic E-state index is 0.0702. The highest BCUT2D eigenvalue weighted by Gasteiger charge is 2.18. The fraction of sp³-hybridized carbons (Fsp3) is 0.647. The van der Waals surface area contributed by atoms with E-state index < -0.39 is 0 Å². The Bertz CT molecular complexity index is 373. The molecule has 0 bridgehead atoms.